The lowest BCUT2D eigenvalue weighted by Gasteiger charge is -2.06. The van der Waals surface area contributed by atoms with Gasteiger partial charge in [-0.25, -0.2) is 0 Å². The first-order chi connectivity index (χ1) is 7.49. The van der Waals surface area contributed by atoms with E-state index in [-0.39, 0.29) is 11.8 Å². The van der Waals surface area contributed by atoms with E-state index >= 15 is 0 Å². The molecular formula is C7H9Cl2N3O2S2. The molecule has 0 saturated carbocycles. The molecule has 1 aromatic rings. The van der Waals surface area contributed by atoms with E-state index < -0.39 is 4.84 Å². The number of nitrogens with zero attached hydrogens (tertiary/aromatic N) is 3. The maximum absolute atomic E-state index is 11.3. The standard InChI is InChI=1S/C7H9Cl2N3O2S2/c1-12(2)7(13)15-5-10-6(16-11-5)14-3-4(8)9/h4H,3H2,1-2H3. The molecule has 0 saturated heterocycles. The second kappa shape index (κ2) is 6.48. The average Bonchev–Trinajstić information content (AvgIpc) is 2.62. The van der Waals surface area contributed by atoms with Crippen molar-refractivity contribution in [3.63, 3.8) is 0 Å². The van der Waals surface area contributed by atoms with Crippen LogP contribution in [0.15, 0.2) is 5.16 Å². The number of carbonyl (C=O) groups is 1. The first kappa shape index (κ1) is 13.8. The van der Waals surface area contributed by atoms with E-state index in [4.69, 9.17) is 27.9 Å². The second-order valence-electron chi connectivity index (χ2n) is 2.81. The van der Waals surface area contributed by atoms with Gasteiger partial charge in [-0.05, 0) is 0 Å². The van der Waals surface area contributed by atoms with Crippen LogP contribution < -0.4 is 4.74 Å². The summed E-state index contributed by atoms with van der Waals surface area (Å²) in [6.45, 7) is 0.143. The van der Waals surface area contributed by atoms with E-state index in [0.717, 1.165) is 23.3 Å². The Bertz CT molecular complexity index is 359. The van der Waals surface area contributed by atoms with Gasteiger partial charge in [0.2, 0.25) is 5.16 Å². The largest absolute Gasteiger partial charge is 0.466 e. The van der Waals surface area contributed by atoms with Crippen LogP contribution in [0.3, 0.4) is 0 Å². The number of hydrogen-bond acceptors (Lipinski definition) is 6. The second-order valence-corrected chi connectivity index (χ2v) is 5.72. The fourth-order valence-electron chi connectivity index (χ4n) is 0.601. The van der Waals surface area contributed by atoms with Crippen molar-refractivity contribution in [1.82, 2.24) is 14.3 Å². The maximum Gasteiger partial charge on any atom is 0.294 e. The van der Waals surface area contributed by atoms with Crippen molar-refractivity contribution in [2.45, 2.75) is 9.99 Å². The molecule has 0 atom stereocenters. The van der Waals surface area contributed by atoms with Crippen LogP contribution in [0.4, 0.5) is 4.79 Å². The van der Waals surface area contributed by atoms with Crippen molar-refractivity contribution in [2.75, 3.05) is 20.7 Å². The first-order valence-electron chi connectivity index (χ1n) is 4.13. The Morgan fingerprint density at radius 2 is 2.31 bits per heavy atom. The first-order valence-corrected chi connectivity index (χ1v) is 6.59. The molecular weight excluding hydrogens is 293 g/mol. The molecule has 0 unspecified atom stereocenters. The topological polar surface area (TPSA) is 55.3 Å². The van der Waals surface area contributed by atoms with Gasteiger partial charge in [0.25, 0.3) is 10.4 Å². The van der Waals surface area contributed by atoms with Gasteiger partial charge in [-0.2, -0.15) is 9.36 Å². The lowest BCUT2D eigenvalue weighted by atomic mass is 10.8. The average molecular weight is 302 g/mol. The summed E-state index contributed by atoms with van der Waals surface area (Å²) in [5, 5.41) is 0.566. The lowest BCUT2D eigenvalue weighted by Crippen LogP contribution is -2.16. The summed E-state index contributed by atoms with van der Waals surface area (Å²) in [6, 6.07) is 0. The van der Waals surface area contributed by atoms with Gasteiger partial charge in [0.1, 0.15) is 11.4 Å². The smallest absolute Gasteiger partial charge is 0.294 e. The highest BCUT2D eigenvalue weighted by atomic mass is 35.5. The number of thioether (sulfide) groups is 1. The molecule has 5 nitrogen and oxygen atoms in total. The quantitative estimate of drug-likeness (QED) is 0.632. The molecule has 0 aliphatic carbocycles. The van der Waals surface area contributed by atoms with Crippen LogP contribution in [0.2, 0.25) is 0 Å². The molecule has 0 bridgehead atoms. The SMILES string of the molecule is CN(C)C(=O)Sc1nsc(OCC(Cl)Cl)n1. The van der Waals surface area contributed by atoms with Crippen molar-refractivity contribution in [2.24, 2.45) is 0 Å². The molecule has 0 aliphatic heterocycles. The summed E-state index contributed by atoms with van der Waals surface area (Å²) >= 11 is 13.0. The molecule has 0 aromatic carbocycles. The summed E-state index contributed by atoms with van der Waals surface area (Å²) in [4.78, 5) is 16.1. The van der Waals surface area contributed by atoms with Gasteiger partial charge in [0.05, 0.1) is 0 Å². The third-order valence-electron chi connectivity index (χ3n) is 1.27. The zero-order chi connectivity index (χ0) is 12.1. The molecule has 1 heterocycles. The van der Waals surface area contributed by atoms with Gasteiger partial charge in [-0.3, -0.25) is 4.79 Å². The van der Waals surface area contributed by atoms with Crippen LogP contribution in [0.1, 0.15) is 0 Å². The van der Waals surface area contributed by atoms with Gasteiger partial charge in [-0.1, -0.05) is 0 Å². The maximum atomic E-state index is 11.3. The molecule has 9 heteroatoms. The van der Waals surface area contributed by atoms with Gasteiger partial charge in [0.15, 0.2) is 0 Å². The summed E-state index contributed by atoms with van der Waals surface area (Å²) in [6.07, 6.45) is 0. The predicted molar refractivity (Wildman–Crippen MR) is 65.8 cm³/mol. The zero-order valence-corrected chi connectivity index (χ0v) is 11.7. The van der Waals surface area contributed by atoms with Crippen LogP contribution in [0.25, 0.3) is 0 Å². The van der Waals surface area contributed by atoms with E-state index in [1.165, 1.54) is 4.90 Å². The number of ether oxygens (including phenoxy) is 1. The number of aromatic nitrogens is 2. The van der Waals surface area contributed by atoms with Crippen molar-refractivity contribution in [1.29, 1.82) is 0 Å². The Kier molecular flexibility index (Phi) is 5.60. The van der Waals surface area contributed by atoms with Crippen LogP contribution in [0.5, 0.6) is 5.19 Å². The highest BCUT2D eigenvalue weighted by Crippen LogP contribution is 2.23. The number of halogens is 2. The molecule has 1 amide bonds. The molecule has 16 heavy (non-hydrogen) atoms. The third-order valence-corrected chi connectivity index (χ3v) is 3.17. The monoisotopic (exact) mass is 301 g/mol. The minimum atomic E-state index is -0.608. The lowest BCUT2D eigenvalue weighted by molar-refractivity contribution is 0.241. The highest BCUT2D eigenvalue weighted by molar-refractivity contribution is 8.13. The van der Waals surface area contributed by atoms with E-state index in [2.05, 4.69) is 9.36 Å². The fourth-order valence-corrected chi connectivity index (χ4v) is 1.96. The Balaban J connectivity index is 2.48. The van der Waals surface area contributed by atoms with Crippen molar-refractivity contribution in [3.8, 4) is 5.19 Å². The van der Waals surface area contributed by atoms with E-state index in [9.17, 15) is 4.79 Å². The number of rotatable bonds is 4. The van der Waals surface area contributed by atoms with E-state index in [1.807, 2.05) is 0 Å². The fraction of sp³-hybridized carbons (Fsp3) is 0.571. The molecule has 1 aromatic heterocycles. The number of alkyl halides is 2. The van der Waals surface area contributed by atoms with Crippen molar-refractivity contribution < 1.29 is 9.53 Å². The Morgan fingerprint density at radius 1 is 1.62 bits per heavy atom. The zero-order valence-electron chi connectivity index (χ0n) is 8.52. The Hall–Kier alpha value is -0.240. The summed E-state index contributed by atoms with van der Waals surface area (Å²) in [7, 11) is 3.31. The summed E-state index contributed by atoms with van der Waals surface area (Å²) < 4.78 is 9.08. The van der Waals surface area contributed by atoms with Crippen molar-refractivity contribution >= 4 is 51.7 Å². The number of hydrogen-bond donors (Lipinski definition) is 0. The van der Waals surface area contributed by atoms with E-state index in [0.29, 0.717) is 10.4 Å². The summed E-state index contributed by atoms with van der Waals surface area (Å²) in [5.74, 6) is 0. The van der Waals surface area contributed by atoms with Crippen LogP contribution in [0, 0.1) is 0 Å². The molecule has 0 N–H and O–H groups in total. The van der Waals surface area contributed by atoms with Gasteiger partial charge < -0.3 is 9.64 Å². The summed E-state index contributed by atoms with van der Waals surface area (Å²) in [5.41, 5.74) is 0. The molecule has 0 spiro atoms. The molecule has 0 radical (unpaired) electrons. The minimum Gasteiger partial charge on any atom is -0.466 e. The third kappa shape index (κ3) is 4.73. The molecule has 1 rings (SSSR count). The number of amides is 1. The Morgan fingerprint density at radius 3 is 2.88 bits per heavy atom. The highest BCUT2D eigenvalue weighted by Gasteiger charge is 2.13. The van der Waals surface area contributed by atoms with Gasteiger partial charge >= 0.3 is 0 Å². The Labute approximate surface area is 111 Å². The van der Waals surface area contributed by atoms with Crippen molar-refractivity contribution in [3.05, 3.63) is 0 Å². The van der Waals surface area contributed by atoms with Gasteiger partial charge in [0, 0.05) is 37.4 Å². The number of carbonyl (C=O) groups excluding carboxylic acids is 1. The van der Waals surface area contributed by atoms with Crippen LogP contribution >= 0.6 is 46.5 Å². The minimum absolute atomic E-state index is 0.142. The van der Waals surface area contributed by atoms with Gasteiger partial charge in [-0.15, -0.1) is 23.2 Å². The van der Waals surface area contributed by atoms with Crippen LogP contribution in [-0.4, -0.2) is 45.0 Å². The molecule has 0 aliphatic rings. The van der Waals surface area contributed by atoms with Crippen LogP contribution in [-0.2, 0) is 0 Å². The predicted octanol–water partition coefficient (Wildman–Crippen LogP) is 2.49. The molecule has 90 valence electrons. The molecule has 0 fully saturated rings. The van der Waals surface area contributed by atoms with E-state index in [1.54, 1.807) is 14.1 Å². The normalized spacial score (nSPS) is 10.6.